The Hall–Kier alpha value is -2.68. The van der Waals surface area contributed by atoms with Crippen LogP contribution in [0.2, 0.25) is 0 Å². The summed E-state index contributed by atoms with van der Waals surface area (Å²) in [5.41, 5.74) is 0. The molecule has 22 heavy (non-hydrogen) atoms. The number of nitrogen functional groups attached to an aromatic ring is 1. The average Bonchev–Trinajstić information content (AvgIpc) is 3.25. The van der Waals surface area contributed by atoms with Crippen LogP contribution in [0.4, 0.5) is 0 Å². The lowest BCUT2D eigenvalue weighted by Gasteiger charge is -2.00. The first-order valence-electron chi connectivity index (χ1n) is 6.23. The van der Waals surface area contributed by atoms with Gasteiger partial charge in [0.05, 0.1) is 19.1 Å². The Labute approximate surface area is 129 Å². The SMILES string of the molecule is COC(=O)c1ccc(CSc2nnc(-c3ccco3)n2N)o1. The third-order valence-electron chi connectivity index (χ3n) is 2.80. The van der Waals surface area contributed by atoms with E-state index in [1.54, 1.807) is 24.3 Å². The standard InChI is InChI=1S/C13H12N4O4S/c1-19-12(18)10-5-4-8(21-10)7-22-13-16-15-11(17(13)14)9-3-2-6-20-9/h2-6H,7,14H2,1H3. The van der Waals surface area contributed by atoms with Gasteiger partial charge in [0.25, 0.3) is 0 Å². The number of carbonyl (C=O) groups is 1. The fourth-order valence-electron chi connectivity index (χ4n) is 1.75. The molecule has 3 aromatic heterocycles. The van der Waals surface area contributed by atoms with E-state index in [4.69, 9.17) is 14.7 Å². The molecule has 0 unspecified atom stereocenters. The van der Waals surface area contributed by atoms with E-state index >= 15 is 0 Å². The normalized spacial score (nSPS) is 10.8. The van der Waals surface area contributed by atoms with Crippen molar-refractivity contribution in [3.05, 3.63) is 42.0 Å². The summed E-state index contributed by atoms with van der Waals surface area (Å²) in [6.45, 7) is 0. The smallest absolute Gasteiger partial charge is 0.373 e. The molecule has 3 aromatic rings. The first kappa shape index (κ1) is 14.3. The van der Waals surface area contributed by atoms with Gasteiger partial charge in [-0.2, -0.15) is 0 Å². The Balaban J connectivity index is 1.69. The summed E-state index contributed by atoms with van der Waals surface area (Å²) in [5, 5.41) is 8.49. The molecule has 0 atom stereocenters. The second-order valence-corrected chi connectivity index (χ2v) is 5.14. The van der Waals surface area contributed by atoms with Crippen molar-refractivity contribution in [1.82, 2.24) is 14.9 Å². The summed E-state index contributed by atoms with van der Waals surface area (Å²) in [6, 6.07) is 6.75. The Bertz CT molecular complexity index is 778. The van der Waals surface area contributed by atoms with E-state index in [-0.39, 0.29) is 5.76 Å². The molecule has 0 aliphatic rings. The number of methoxy groups -OCH3 is 1. The van der Waals surface area contributed by atoms with Gasteiger partial charge in [0.1, 0.15) is 5.76 Å². The highest BCUT2D eigenvalue weighted by Crippen LogP contribution is 2.25. The average molecular weight is 320 g/mol. The maximum atomic E-state index is 11.3. The number of nitrogens with two attached hydrogens (primary N) is 1. The molecule has 0 saturated heterocycles. The van der Waals surface area contributed by atoms with E-state index < -0.39 is 5.97 Å². The fraction of sp³-hybridized carbons (Fsp3) is 0.154. The van der Waals surface area contributed by atoms with E-state index in [1.807, 2.05) is 0 Å². The summed E-state index contributed by atoms with van der Waals surface area (Å²) in [7, 11) is 1.30. The number of nitrogens with zero attached hydrogens (tertiary/aromatic N) is 3. The van der Waals surface area contributed by atoms with Gasteiger partial charge in [-0.15, -0.1) is 10.2 Å². The van der Waals surface area contributed by atoms with Gasteiger partial charge in [0.2, 0.25) is 16.7 Å². The zero-order valence-electron chi connectivity index (χ0n) is 11.6. The number of ether oxygens (including phenoxy) is 1. The molecule has 114 valence electrons. The predicted molar refractivity (Wildman–Crippen MR) is 77.5 cm³/mol. The molecule has 0 aliphatic heterocycles. The van der Waals surface area contributed by atoms with Gasteiger partial charge in [0, 0.05) is 0 Å². The summed E-state index contributed by atoms with van der Waals surface area (Å²) in [4.78, 5) is 11.3. The molecule has 0 spiro atoms. The van der Waals surface area contributed by atoms with Crippen LogP contribution >= 0.6 is 11.8 Å². The molecular formula is C13H12N4O4S. The van der Waals surface area contributed by atoms with Crippen molar-refractivity contribution in [3.63, 3.8) is 0 Å². The van der Waals surface area contributed by atoms with Crippen molar-refractivity contribution in [3.8, 4) is 11.6 Å². The number of carbonyl (C=O) groups excluding carboxylic acids is 1. The van der Waals surface area contributed by atoms with E-state index in [9.17, 15) is 4.79 Å². The monoisotopic (exact) mass is 320 g/mol. The molecule has 0 radical (unpaired) electrons. The molecule has 0 aromatic carbocycles. The highest BCUT2D eigenvalue weighted by atomic mass is 32.2. The third kappa shape index (κ3) is 2.70. The number of esters is 1. The molecule has 0 aliphatic carbocycles. The molecule has 0 saturated carbocycles. The highest BCUT2D eigenvalue weighted by Gasteiger charge is 2.16. The lowest BCUT2D eigenvalue weighted by atomic mass is 10.4. The van der Waals surface area contributed by atoms with E-state index in [0.29, 0.717) is 28.3 Å². The zero-order valence-corrected chi connectivity index (χ0v) is 12.4. The highest BCUT2D eigenvalue weighted by molar-refractivity contribution is 7.98. The summed E-state index contributed by atoms with van der Waals surface area (Å²) in [6.07, 6.45) is 1.54. The Kier molecular flexibility index (Phi) is 3.88. The van der Waals surface area contributed by atoms with Crippen LogP contribution in [0.1, 0.15) is 16.3 Å². The maximum absolute atomic E-state index is 11.3. The first-order chi connectivity index (χ1) is 10.7. The van der Waals surface area contributed by atoms with Crippen LogP contribution in [0, 0.1) is 0 Å². The minimum Gasteiger partial charge on any atom is -0.463 e. The number of hydrogen-bond donors (Lipinski definition) is 1. The van der Waals surface area contributed by atoms with Crippen molar-refractivity contribution in [2.75, 3.05) is 13.0 Å². The lowest BCUT2D eigenvalue weighted by molar-refractivity contribution is 0.0563. The van der Waals surface area contributed by atoms with E-state index in [1.165, 1.54) is 29.8 Å². The molecule has 2 N–H and O–H groups in total. The van der Waals surface area contributed by atoms with Gasteiger partial charge in [-0.1, -0.05) is 11.8 Å². The van der Waals surface area contributed by atoms with Crippen molar-refractivity contribution in [2.45, 2.75) is 10.9 Å². The molecule has 8 nitrogen and oxygen atoms in total. The van der Waals surface area contributed by atoms with Crippen LogP contribution < -0.4 is 5.84 Å². The Morgan fingerprint density at radius 3 is 3.00 bits per heavy atom. The number of furan rings is 2. The van der Waals surface area contributed by atoms with E-state index in [2.05, 4.69) is 14.9 Å². The van der Waals surface area contributed by atoms with Crippen LogP contribution in [-0.2, 0) is 10.5 Å². The number of hydrogen-bond acceptors (Lipinski definition) is 8. The topological polar surface area (TPSA) is 109 Å². The predicted octanol–water partition coefficient (Wildman–Crippen LogP) is 1.92. The van der Waals surface area contributed by atoms with Gasteiger partial charge in [0.15, 0.2) is 5.76 Å². The summed E-state index contributed by atoms with van der Waals surface area (Å²) in [5.74, 6) is 7.60. The van der Waals surface area contributed by atoms with Gasteiger partial charge in [-0.05, 0) is 24.3 Å². The fourth-order valence-corrected chi connectivity index (χ4v) is 2.50. The summed E-state index contributed by atoms with van der Waals surface area (Å²) < 4.78 is 16.5. The molecule has 0 amide bonds. The largest absolute Gasteiger partial charge is 0.463 e. The molecule has 3 heterocycles. The van der Waals surface area contributed by atoms with Crippen LogP contribution in [0.3, 0.4) is 0 Å². The molecule has 3 rings (SSSR count). The lowest BCUT2D eigenvalue weighted by Crippen LogP contribution is -2.11. The van der Waals surface area contributed by atoms with Crippen LogP contribution in [0.15, 0.2) is 44.5 Å². The molecule has 0 bridgehead atoms. The van der Waals surface area contributed by atoms with Gasteiger partial charge >= 0.3 is 5.97 Å². The Morgan fingerprint density at radius 1 is 1.41 bits per heavy atom. The second kappa shape index (κ2) is 5.98. The number of thioether (sulfide) groups is 1. The quantitative estimate of drug-likeness (QED) is 0.431. The van der Waals surface area contributed by atoms with Gasteiger partial charge < -0.3 is 19.4 Å². The molecule has 9 heteroatoms. The summed E-state index contributed by atoms with van der Waals surface area (Å²) >= 11 is 1.33. The first-order valence-corrected chi connectivity index (χ1v) is 7.22. The van der Waals surface area contributed by atoms with Gasteiger partial charge in [-0.3, -0.25) is 0 Å². The van der Waals surface area contributed by atoms with Crippen molar-refractivity contribution in [2.24, 2.45) is 0 Å². The minimum atomic E-state index is -0.515. The van der Waals surface area contributed by atoms with Crippen molar-refractivity contribution in [1.29, 1.82) is 0 Å². The molecular weight excluding hydrogens is 308 g/mol. The van der Waals surface area contributed by atoms with Crippen molar-refractivity contribution < 1.29 is 18.4 Å². The van der Waals surface area contributed by atoms with Crippen LogP contribution in [0.25, 0.3) is 11.6 Å². The maximum Gasteiger partial charge on any atom is 0.373 e. The molecule has 0 fully saturated rings. The van der Waals surface area contributed by atoms with Crippen LogP contribution in [0.5, 0.6) is 0 Å². The Morgan fingerprint density at radius 2 is 2.27 bits per heavy atom. The van der Waals surface area contributed by atoms with E-state index in [0.717, 1.165) is 0 Å². The second-order valence-electron chi connectivity index (χ2n) is 4.20. The third-order valence-corrected chi connectivity index (χ3v) is 3.76. The zero-order chi connectivity index (χ0) is 15.5. The minimum absolute atomic E-state index is 0.156. The number of aromatic nitrogens is 3. The van der Waals surface area contributed by atoms with Crippen molar-refractivity contribution >= 4 is 17.7 Å². The number of rotatable bonds is 5. The van der Waals surface area contributed by atoms with Gasteiger partial charge in [-0.25, -0.2) is 9.47 Å². The van der Waals surface area contributed by atoms with Crippen LogP contribution in [-0.4, -0.2) is 28.0 Å².